The molecule has 8 heteroatoms. The van der Waals surface area contributed by atoms with E-state index in [4.69, 9.17) is 9.88 Å². The average molecular weight is 386 g/mol. The van der Waals surface area contributed by atoms with Crippen LogP contribution in [0.2, 0.25) is 0 Å². The zero-order chi connectivity index (χ0) is 19.4. The van der Waals surface area contributed by atoms with Gasteiger partial charge in [0.25, 0.3) is 5.91 Å². The highest BCUT2D eigenvalue weighted by molar-refractivity contribution is 7.89. The molecule has 3 aromatic rings. The molecule has 3 rings (SSSR count). The van der Waals surface area contributed by atoms with Crippen molar-refractivity contribution < 1.29 is 22.3 Å². The van der Waals surface area contributed by atoms with Crippen LogP contribution in [-0.2, 0) is 10.0 Å². The van der Waals surface area contributed by atoms with Crippen LogP contribution in [0.3, 0.4) is 0 Å². The van der Waals surface area contributed by atoms with E-state index in [9.17, 15) is 17.6 Å². The zero-order valence-corrected chi connectivity index (χ0v) is 14.7. The number of nitrogens with one attached hydrogen (secondary N) is 1. The molecule has 1 amide bonds. The largest absolute Gasteiger partial charge is 0.457 e. The predicted molar refractivity (Wildman–Crippen MR) is 98.7 cm³/mol. The third kappa shape index (κ3) is 4.90. The molecule has 138 valence electrons. The Morgan fingerprint density at radius 3 is 2.33 bits per heavy atom. The Hall–Kier alpha value is -3.23. The zero-order valence-electron chi connectivity index (χ0n) is 13.9. The Bertz CT molecular complexity index is 1080. The fourth-order valence-electron chi connectivity index (χ4n) is 2.29. The molecule has 0 aliphatic rings. The fraction of sp³-hybridized carbons (Fsp3) is 0. The maximum atomic E-state index is 13.0. The monoisotopic (exact) mass is 386 g/mol. The van der Waals surface area contributed by atoms with Crippen molar-refractivity contribution in [3.05, 3.63) is 84.2 Å². The molecule has 0 unspecified atom stereocenters. The van der Waals surface area contributed by atoms with Gasteiger partial charge in [-0.2, -0.15) is 0 Å². The predicted octanol–water partition coefficient (Wildman–Crippen LogP) is 3.52. The Labute approximate surface area is 155 Å². The number of rotatable bonds is 5. The van der Waals surface area contributed by atoms with Crippen LogP contribution in [-0.4, -0.2) is 14.3 Å². The molecule has 3 N–H and O–H groups in total. The van der Waals surface area contributed by atoms with Crippen molar-refractivity contribution in [3.8, 4) is 11.5 Å². The van der Waals surface area contributed by atoms with Gasteiger partial charge in [0.2, 0.25) is 10.0 Å². The van der Waals surface area contributed by atoms with Gasteiger partial charge < -0.3 is 10.1 Å². The maximum absolute atomic E-state index is 13.0. The Morgan fingerprint density at radius 2 is 1.63 bits per heavy atom. The fourth-order valence-corrected chi connectivity index (χ4v) is 2.85. The summed E-state index contributed by atoms with van der Waals surface area (Å²) in [4.78, 5) is 12.3. The number of carbonyl (C=O) groups is 1. The van der Waals surface area contributed by atoms with Crippen LogP contribution in [0.1, 0.15) is 10.4 Å². The van der Waals surface area contributed by atoms with Crippen molar-refractivity contribution in [2.45, 2.75) is 4.90 Å². The van der Waals surface area contributed by atoms with Crippen LogP contribution in [0.5, 0.6) is 11.5 Å². The van der Waals surface area contributed by atoms with Crippen LogP contribution >= 0.6 is 0 Å². The van der Waals surface area contributed by atoms with Gasteiger partial charge in [0.05, 0.1) is 4.90 Å². The first-order chi connectivity index (χ1) is 12.8. The molecule has 0 fully saturated rings. The summed E-state index contributed by atoms with van der Waals surface area (Å²) in [5.74, 6) is -0.00863. The van der Waals surface area contributed by atoms with E-state index in [0.29, 0.717) is 17.1 Å². The molecule has 0 spiro atoms. The molecule has 0 aliphatic heterocycles. The summed E-state index contributed by atoms with van der Waals surface area (Å²) in [5, 5.41) is 7.69. The Balaban J connectivity index is 1.76. The lowest BCUT2D eigenvalue weighted by Crippen LogP contribution is -2.14. The molecule has 0 aromatic heterocycles. The summed E-state index contributed by atoms with van der Waals surface area (Å²) >= 11 is 0. The second-order valence-electron chi connectivity index (χ2n) is 5.61. The van der Waals surface area contributed by atoms with Gasteiger partial charge in [-0.3, -0.25) is 4.79 Å². The number of hydrogen-bond donors (Lipinski definition) is 2. The summed E-state index contributed by atoms with van der Waals surface area (Å²) in [6, 6.07) is 17.5. The second-order valence-corrected chi connectivity index (χ2v) is 7.17. The van der Waals surface area contributed by atoms with Crippen LogP contribution in [0, 0.1) is 5.82 Å². The number of benzene rings is 3. The third-order valence-electron chi connectivity index (χ3n) is 3.57. The van der Waals surface area contributed by atoms with Gasteiger partial charge in [0.1, 0.15) is 17.3 Å². The van der Waals surface area contributed by atoms with Crippen molar-refractivity contribution in [2.24, 2.45) is 5.14 Å². The number of amides is 1. The van der Waals surface area contributed by atoms with Gasteiger partial charge in [0.15, 0.2) is 0 Å². The maximum Gasteiger partial charge on any atom is 0.255 e. The van der Waals surface area contributed by atoms with E-state index in [2.05, 4.69) is 5.32 Å². The number of ether oxygens (including phenoxy) is 1. The Kier molecular flexibility index (Phi) is 5.20. The Morgan fingerprint density at radius 1 is 0.926 bits per heavy atom. The van der Waals surface area contributed by atoms with Crippen molar-refractivity contribution in [3.63, 3.8) is 0 Å². The van der Waals surface area contributed by atoms with Crippen molar-refractivity contribution >= 4 is 21.6 Å². The molecule has 0 saturated carbocycles. The minimum absolute atomic E-state index is 0.103. The third-order valence-corrected chi connectivity index (χ3v) is 4.48. The molecular weight excluding hydrogens is 371 g/mol. The highest BCUT2D eigenvalue weighted by Crippen LogP contribution is 2.23. The molecule has 0 aliphatic carbocycles. The number of sulfonamides is 1. The van der Waals surface area contributed by atoms with Gasteiger partial charge >= 0.3 is 0 Å². The van der Waals surface area contributed by atoms with E-state index < -0.39 is 15.9 Å². The first kappa shape index (κ1) is 18.6. The quantitative estimate of drug-likeness (QED) is 0.701. The van der Waals surface area contributed by atoms with Crippen molar-refractivity contribution in [1.29, 1.82) is 0 Å². The van der Waals surface area contributed by atoms with Gasteiger partial charge in [-0.05, 0) is 60.7 Å². The van der Waals surface area contributed by atoms with Gasteiger partial charge in [-0.25, -0.2) is 17.9 Å². The molecule has 3 aromatic carbocycles. The minimum atomic E-state index is -3.87. The summed E-state index contributed by atoms with van der Waals surface area (Å²) in [5.41, 5.74) is 0.590. The number of anilines is 1. The highest BCUT2D eigenvalue weighted by atomic mass is 32.2. The van der Waals surface area contributed by atoms with Gasteiger partial charge in [-0.15, -0.1) is 0 Å². The molecule has 0 saturated heterocycles. The lowest BCUT2D eigenvalue weighted by molar-refractivity contribution is 0.102. The number of primary sulfonamides is 1. The molecule has 27 heavy (non-hydrogen) atoms. The highest BCUT2D eigenvalue weighted by Gasteiger charge is 2.11. The molecule has 0 atom stereocenters. The summed E-state index contributed by atoms with van der Waals surface area (Å²) in [6.07, 6.45) is 0. The molecule has 0 heterocycles. The first-order valence-electron chi connectivity index (χ1n) is 7.79. The minimum Gasteiger partial charge on any atom is -0.457 e. The second kappa shape index (κ2) is 7.56. The first-order valence-corrected chi connectivity index (χ1v) is 9.33. The average Bonchev–Trinajstić information content (AvgIpc) is 2.63. The van der Waals surface area contributed by atoms with E-state index in [0.717, 1.165) is 0 Å². The summed E-state index contributed by atoms with van der Waals surface area (Å²) in [6.45, 7) is 0. The molecule has 6 nitrogen and oxygen atoms in total. The smallest absolute Gasteiger partial charge is 0.255 e. The SMILES string of the molecule is NS(=O)(=O)c1cccc(NC(=O)c2cccc(Oc3ccc(F)cc3)c2)c1. The van der Waals surface area contributed by atoms with Crippen molar-refractivity contribution in [1.82, 2.24) is 0 Å². The number of nitrogens with two attached hydrogens (primary N) is 1. The standard InChI is InChI=1S/C19H15FN2O4S/c20-14-7-9-16(10-8-14)26-17-5-1-3-13(11-17)19(23)22-15-4-2-6-18(12-15)27(21,24)25/h1-12H,(H,22,23)(H2,21,24,25). The van der Waals surface area contributed by atoms with Crippen LogP contribution in [0.25, 0.3) is 0 Å². The van der Waals surface area contributed by atoms with Crippen LogP contribution < -0.4 is 15.2 Å². The van der Waals surface area contributed by atoms with E-state index in [1.165, 1.54) is 48.5 Å². The van der Waals surface area contributed by atoms with E-state index in [-0.39, 0.29) is 16.4 Å². The van der Waals surface area contributed by atoms with Gasteiger partial charge in [-0.1, -0.05) is 12.1 Å². The number of carbonyl (C=O) groups excluding carboxylic acids is 1. The van der Waals surface area contributed by atoms with Gasteiger partial charge in [0, 0.05) is 11.3 Å². The summed E-state index contributed by atoms with van der Waals surface area (Å²) in [7, 11) is -3.87. The van der Waals surface area contributed by atoms with E-state index in [1.54, 1.807) is 24.3 Å². The lowest BCUT2D eigenvalue weighted by Gasteiger charge is -2.09. The molecule has 0 radical (unpaired) electrons. The topological polar surface area (TPSA) is 98.5 Å². The van der Waals surface area contributed by atoms with E-state index in [1.807, 2.05) is 0 Å². The number of hydrogen-bond acceptors (Lipinski definition) is 4. The van der Waals surface area contributed by atoms with E-state index >= 15 is 0 Å². The summed E-state index contributed by atoms with van der Waals surface area (Å²) < 4.78 is 41.4. The molecule has 0 bridgehead atoms. The van der Waals surface area contributed by atoms with Crippen molar-refractivity contribution in [2.75, 3.05) is 5.32 Å². The molecular formula is C19H15FN2O4S. The van der Waals surface area contributed by atoms with Crippen LogP contribution in [0.4, 0.5) is 10.1 Å². The van der Waals surface area contributed by atoms with Crippen LogP contribution in [0.15, 0.2) is 77.7 Å². The lowest BCUT2D eigenvalue weighted by atomic mass is 10.2. The normalized spacial score (nSPS) is 11.0. The number of halogens is 1.